The highest BCUT2D eigenvalue weighted by Gasteiger charge is 2.21. The molecule has 3 heteroatoms. The van der Waals surface area contributed by atoms with Gasteiger partial charge in [0.15, 0.2) is 0 Å². The number of fused-ring (bicyclic) bond motifs is 1. The molecular weight excluding hydrogens is 408 g/mol. The van der Waals surface area contributed by atoms with Gasteiger partial charge in [0.25, 0.3) is 0 Å². The number of nitrogens with zero attached hydrogens (tertiary/aromatic N) is 2. The predicted octanol–water partition coefficient (Wildman–Crippen LogP) is 7.21. The first-order valence-corrected chi connectivity index (χ1v) is 13.6. The van der Waals surface area contributed by atoms with Crippen molar-refractivity contribution in [3.63, 3.8) is 0 Å². The third kappa shape index (κ3) is 6.89. The van der Waals surface area contributed by atoms with E-state index < -0.39 is 0 Å². The zero-order valence-corrected chi connectivity index (χ0v) is 20.8. The Morgan fingerprint density at radius 2 is 1.91 bits per heavy atom. The number of thiazole rings is 1. The van der Waals surface area contributed by atoms with E-state index in [0.717, 1.165) is 19.4 Å². The Labute approximate surface area is 199 Å². The number of aromatic nitrogens is 1. The van der Waals surface area contributed by atoms with Gasteiger partial charge in [0.2, 0.25) is 0 Å². The Balaban J connectivity index is 1.33. The molecule has 1 aromatic heterocycles. The molecule has 0 N–H and O–H groups in total. The summed E-state index contributed by atoms with van der Waals surface area (Å²) in [5.74, 6) is 2.05. The second-order valence-electron chi connectivity index (χ2n) is 10.0. The summed E-state index contributed by atoms with van der Waals surface area (Å²) in [6.45, 7) is 8.34. The first-order chi connectivity index (χ1) is 15.7. The summed E-state index contributed by atoms with van der Waals surface area (Å²) in [6.07, 6.45) is 19.5. The molecule has 2 unspecified atom stereocenters. The van der Waals surface area contributed by atoms with Gasteiger partial charge < -0.3 is 0 Å². The molecule has 1 saturated heterocycles. The summed E-state index contributed by atoms with van der Waals surface area (Å²) in [7, 11) is 0. The molecule has 2 atom stereocenters. The van der Waals surface area contributed by atoms with Crippen LogP contribution >= 0.6 is 11.3 Å². The third-order valence-electron chi connectivity index (χ3n) is 7.13. The standard InChI is InChI=1S/C29H40N2S/c1-23(2)26-15-16-27-28(22-26)32-29(30-27)17-14-25(21-24-11-5-3-6-12-24)13-7-10-20-31-18-8-4-9-19-31/h3,5-7,10-12,15-16,23,25-26H,4,8-9,13-14,17-22H2,1-2H3/b10-7+. The number of likely N-dealkylation sites (tertiary alicyclic amines) is 1. The molecule has 2 nitrogen and oxygen atoms in total. The summed E-state index contributed by atoms with van der Waals surface area (Å²) >= 11 is 1.96. The molecule has 2 heterocycles. The Morgan fingerprint density at radius 3 is 2.69 bits per heavy atom. The molecule has 4 rings (SSSR count). The van der Waals surface area contributed by atoms with Gasteiger partial charge in [-0.2, -0.15) is 0 Å². The van der Waals surface area contributed by atoms with Crippen LogP contribution in [0.3, 0.4) is 0 Å². The number of hydrogen-bond acceptors (Lipinski definition) is 3. The zero-order valence-electron chi connectivity index (χ0n) is 20.0. The number of aryl methyl sites for hydroxylation is 1. The molecule has 0 saturated carbocycles. The van der Waals surface area contributed by atoms with Crippen molar-refractivity contribution in [3.8, 4) is 0 Å². The normalized spacial score (nSPS) is 20.2. The van der Waals surface area contributed by atoms with Crippen LogP contribution in [0.4, 0.5) is 0 Å². The van der Waals surface area contributed by atoms with Crippen LogP contribution in [0.25, 0.3) is 6.08 Å². The Morgan fingerprint density at radius 1 is 1.09 bits per heavy atom. The van der Waals surface area contributed by atoms with Crippen molar-refractivity contribution in [2.45, 2.75) is 65.2 Å². The van der Waals surface area contributed by atoms with Crippen molar-refractivity contribution >= 4 is 17.4 Å². The number of rotatable bonds is 10. The van der Waals surface area contributed by atoms with E-state index >= 15 is 0 Å². The van der Waals surface area contributed by atoms with Crippen LogP contribution in [0.1, 0.15) is 67.1 Å². The van der Waals surface area contributed by atoms with Crippen LogP contribution in [0.15, 0.2) is 48.6 Å². The summed E-state index contributed by atoms with van der Waals surface area (Å²) in [6, 6.07) is 11.0. The zero-order chi connectivity index (χ0) is 22.2. The fourth-order valence-corrected chi connectivity index (χ4v) is 6.13. The fraction of sp³-hybridized carbons (Fsp3) is 0.552. The summed E-state index contributed by atoms with van der Waals surface area (Å²) in [4.78, 5) is 9.09. The van der Waals surface area contributed by atoms with Crippen LogP contribution < -0.4 is 0 Å². The average molecular weight is 449 g/mol. The molecule has 172 valence electrons. The molecule has 0 amide bonds. The molecule has 32 heavy (non-hydrogen) atoms. The van der Waals surface area contributed by atoms with E-state index in [2.05, 4.69) is 73.4 Å². The molecule has 1 aromatic carbocycles. The molecule has 0 bridgehead atoms. The van der Waals surface area contributed by atoms with E-state index in [1.165, 1.54) is 72.8 Å². The molecule has 1 aliphatic heterocycles. The molecule has 2 aromatic rings. The van der Waals surface area contributed by atoms with Gasteiger partial charge in [0, 0.05) is 11.4 Å². The molecule has 2 aliphatic rings. The minimum absolute atomic E-state index is 0.673. The summed E-state index contributed by atoms with van der Waals surface area (Å²) < 4.78 is 0. The lowest BCUT2D eigenvalue weighted by molar-refractivity contribution is 0.251. The first-order valence-electron chi connectivity index (χ1n) is 12.8. The monoisotopic (exact) mass is 448 g/mol. The highest BCUT2D eigenvalue weighted by atomic mass is 32.1. The third-order valence-corrected chi connectivity index (χ3v) is 8.29. The Bertz CT molecular complexity index is 874. The lowest BCUT2D eigenvalue weighted by Gasteiger charge is -2.24. The van der Waals surface area contributed by atoms with Crippen LogP contribution in [0, 0.1) is 17.8 Å². The van der Waals surface area contributed by atoms with Crippen molar-refractivity contribution in [1.29, 1.82) is 0 Å². The van der Waals surface area contributed by atoms with Crippen LogP contribution in [-0.2, 0) is 19.3 Å². The smallest absolute Gasteiger partial charge is 0.0935 e. The highest BCUT2D eigenvalue weighted by Crippen LogP contribution is 2.32. The molecule has 1 fully saturated rings. The van der Waals surface area contributed by atoms with Gasteiger partial charge in [0.1, 0.15) is 0 Å². The van der Waals surface area contributed by atoms with Gasteiger partial charge in [0.05, 0.1) is 10.7 Å². The minimum Gasteiger partial charge on any atom is -0.300 e. The van der Waals surface area contributed by atoms with Crippen molar-refractivity contribution in [2.75, 3.05) is 19.6 Å². The molecule has 0 radical (unpaired) electrons. The molecular formula is C29H40N2S. The van der Waals surface area contributed by atoms with Crippen LogP contribution in [-0.4, -0.2) is 29.5 Å². The van der Waals surface area contributed by atoms with E-state index in [9.17, 15) is 0 Å². The second-order valence-corrected chi connectivity index (χ2v) is 11.2. The SMILES string of the molecule is CC(C)C1C=Cc2nc(CCC(C/C=C/CN3CCCCC3)Cc3ccccc3)sc2C1. The van der Waals surface area contributed by atoms with Gasteiger partial charge in [-0.15, -0.1) is 11.3 Å². The van der Waals surface area contributed by atoms with E-state index in [4.69, 9.17) is 4.98 Å². The lowest BCUT2D eigenvalue weighted by Crippen LogP contribution is -2.29. The predicted molar refractivity (Wildman–Crippen MR) is 139 cm³/mol. The second kappa shape index (κ2) is 12.0. The minimum atomic E-state index is 0.673. The largest absolute Gasteiger partial charge is 0.300 e. The average Bonchev–Trinajstić information content (AvgIpc) is 3.23. The summed E-state index contributed by atoms with van der Waals surface area (Å²) in [5.41, 5.74) is 2.70. The van der Waals surface area contributed by atoms with Crippen LogP contribution in [0.5, 0.6) is 0 Å². The lowest BCUT2D eigenvalue weighted by atomic mass is 9.88. The van der Waals surface area contributed by atoms with Gasteiger partial charge >= 0.3 is 0 Å². The van der Waals surface area contributed by atoms with Crippen molar-refractivity contribution < 1.29 is 0 Å². The number of piperidine rings is 1. The van der Waals surface area contributed by atoms with Crippen molar-refractivity contribution in [3.05, 3.63) is 69.7 Å². The first kappa shape index (κ1) is 23.4. The number of hydrogen-bond donors (Lipinski definition) is 0. The van der Waals surface area contributed by atoms with Gasteiger partial charge in [-0.1, -0.05) is 68.8 Å². The van der Waals surface area contributed by atoms with Gasteiger partial charge in [-0.3, -0.25) is 4.90 Å². The maximum atomic E-state index is 4.99. The van der Waals surface area contributed by atoms with Crippen molar-refractivity contribution in [2.24, 2.45) is 17.8 Å². The summed E-state index contributed by atoms with van der Waals surface area (Å²) in [5, 5.41) is 1.33. The van der Waals surface area contributed by atoms with Crippen LogP contribution in [0.2, 0.25) is 0 Å². The van der Waals surface area contributed by atoms with E-state index in [1.807, 2.05) is 11.3 Å². The number of benzene rings is 1. The maximum absolute atomic E-state index is 4.99. The Kier molecular flexibility index (Phi) is 8.76. The molecule has 0 spiro atoms. The maximum Gasteiger partial charge on any atom is 0.0935 e. The highest BCUT2D eigenvalue weighted by molar-refractivity contribution is 7.11. The number of allylic oxidation sites excluding steroid dienone is 2. The van der Waals surface area contributed by atoms with Crippen molar-refractivity contribution in [1.82, 2.24) is 9.88 Å². The van der Waals surface area contributed by atoms with E-state index in [1.54, 1.807) is 0 Å². The topological polar surface area (TPSA) is 16.1 Å². The van der Waals surface area contributed by atoms with E-state index in [0.29, 0.717) is 17.8 Å². The van der Waals surface area contributed by atoms with Gasteiger partial charge in [-0.05, 0) is 87.4 Å². The van der Waals surface area contributed by atoms with Gasteiger partial charge in [-0.25, -0.2) is 4.98 Å². The quantitative estimate of drug-likeness (QED) is 0.357. The Hall–Kier alpha value is -1.71. The fourth-order valence-electron chi connectivity index (χ4n) is 4.98. The van der Waals surface area contributed by atoms with E-state index in [-0.39, 0.29) is 0 Å². The molecule has 1 aliphatic carbocycles.